The first-order chi connectivity index (χ1) is 7.90. The second kappa shape index (κ2) is 6.38. The molecule has 0 radical (unpaired) electrons. The third-order valence-electron chi connectivity index (χ3n) is 3.56. The Morgan fingerprint density at radius 3 is 2.94 bits per heavy atom. The summed E-state index contributed by atoms with van der Waals surface area (Å²) in [5.41, 5.74) is 0. The van der Waals surface area contributed by atoms with Gasteiger partial charge in [0.2, 0.25) is 0 Å². The van der Waals surface area contributed by atoms with Crippen LogP contribution >= 0.6 is 0 Å². The lowest BCUT2D eigenvalue weighted by molar-refractivity contribution is 0.217. The van der Waals surface area contributed by atoms with Crippen molar-refractivity contribution in [2.45, 2.75) is 25.3 Å². The zero-order valence-corrected chi connectivity index (χ0v) is 10.3. The van der Waals surface area contributed by atoms with Gasteiger partial charge in [0.05, 0.1) is 0 Å². The molecule has 0 aromatic rings. The Labute approximate surface area is 99.5 Å². The SMILES string of the molecule is C=CCN(CCN1CCCNCC1)C1CC1. The van der Waals surface area contributed by atoms with Gasteiger partial charge in [-0.25, -0.2) is 0 Å². The van der Waals surface area contributed by atoms with E-state index in [-0.39, 0.29) is 0 Å². The lowest BCUT2D eigenvalue weighted by Crippen LogP contribution is -2.38. The van der Waals surface area contributed by atoms with Gasteiger partial charge in [0.1, 0.15) is 0 Å². The summed E-state index contributed by atoms with van der Waals surface area (Å²) >= 11 is 0. The number of nitrogens with zero attached hydrogens (tertiary/aromatic N) is 2. The Hall–Kier alpha value is -0.380. The minimum Gasteiger partial charge on any atom is -0.315 e. The summed E-state index contributed by atoms with van der Waals surface area (Å²) in [4.78, 5) is 5.18. The van der Waals surface area contributed by atoms with Crippen LogP contribution in [0.2, 0.25) is 0 Å². The molecule has 0 spiro atoms. The fraction of sp³-hybridized carbons (Fsp3) is 0.846. The van der Waals surface area contributed by atoms with Crippen molar-refractivity contribution in [1.29, 1.82) is 0 Å². The molecule has 1 saturated heterocycles. The van der Waals surface area contributed by atoms with E-state index in [1.54, 1.807) is 0 Å². The summed E-state index contributed by atoms with van der Waals surface area (Å²) in [6, 6.07) is 0.864. The van der Waals surface area contributed by atoms with Crippen molar-refractivity contribution in [2.75, 3.05) is 45.8 Å². The minimum atomic E-state index is 0.864. The molecule has 1 heterocycles. The van der Waals surface area contributed by atoms with E-state index in [2.05, 4.69) is 21.7 Å². The molecule has 0 unspecified atom stereocenters. The Bertz CT molecular complexity index is 205. The van der Waals surface area contributed by atoms with Crippen LogP contribution in [0.4, 0.5) is 0 Å². The lowest BCUT2D eigenvalue weighted by Gasteiger charge is -2.25. The summed E-state index contributed by atoms with van der Waals surface area (Å²) in [6.07, 6.45) is 6.14. The van der Waals surface area contributed by atoms with Crippen molar-refractivity contribution < 1.29 is 0 Å². The van der Waals surface area contributed by atoms with Gasteiger partial charge in [-0.15, -0.1) is 6.58 Å². The number of nitrogens with one attached hydrogen (secondary N) is 1. The fourth-order valence-corrected chi connectivity index (χ4v) is 2.42. The van der Waals surface area contributed by atoms with Gasteiger partial charge in [-0.2, -0.15) is 0 Å². The van der Waals surface area contributed by atoms with Gasteiger partial charge in [-0.3, -0.25) is 4.90 Å². The molecule has 0 aromatic carbocycles. The molecule has 0 amide bonds. The molecular formula is C13H25N3. The molecule has 1 N–H and O–H groups in total. The van der Waals surface area contributed by atoms with Gasteiger partial charge in [-0.05, 0) is 32.4 Å². The molecule has 16 heavy (non-hydrogen) atoms. The van der Waals surface area contributed by atoms with Crippen molar-refractivity contribution in [3.63, 3.8) is 0 Å². The Morgan fingerprint density at radius 1 is 1.31 bits per heavy atom. The Balaban J connectivity index is 1.68. The molecule has 0 bridgehead atoms. The van der Waals surface area contributed by atoms with Crippen LogP contribution in [0.5, 0.6) is 0 Å². The third kappa shape index (κ3) is 3.89. The molecule has 0 atom stereocenters. The molecule has 2 rings (SSSR count). The molecule has 3 heteroatoms. The average Bonchev–Trinajstić information content (AvgIpc) is 3.11. The predicted octanol–water partition coefficient (Wildman–Crippen LogP) is 0.932. The van der Waals surface area contributed by atoms with Crippen LogP contribution in [0.1, 0.15) is 19.3 Å². The highest BCUT2D eigenvalue weighted by Crippen LogP contribution is 2.26. The van der Waals surface area contributed by atoms with Crippen LogP contribution in [0.3, 0.4) is 0 Å². The summed E-state index contributed by atoms with van der Waals surface area (Å²) in [6.45, 7) is 12.2. The number of hydrogen-bond donors (Lipinski definition) is 1. The second-order valence-corrected chi connectivity index (χ2v) is 4.96. The lowest BCUT2D eigenvalue weighted by atomic mass is 10.3. The van der Waals surface area contributed by atoms with Crippen molar-refractivity contribution in [2.24, 2.45) is 0 Å². The predicted molar refractivity (Wildman–Crippen MR) is 68.7 cm³/mol. The molecule has 1 aliphatic carbocycles. The van der Waals surface area contributed by atoms with E-state index >= 15 is 0 Å². The van der Waals surface area contributed by atoms with E-state index in [1.165, 1.54) is 52.0 Å². The average molecular weight is 223 g/mol. The first-order valence-corrected chi connectivity index (χ1v) is 6.68. The van der Waals surface area contributed by atoms with E-state index in [1.807, 2.05) is 6.08 Å². The van der Waals surface area contributed by atoms with Gasteiger partial charge >= 0.3 is 0 Å². The van der Waals surface area contributed by atoms with Crippen LogP contribution in [-0.4, -0.2) is 61.7 Å². The second-order valence-electron chi connectivity index (χ2n) is 4.96. The third-order valence-corrected chi connectivity index (χ3v) is 3.56. The standard InChI is InChI=1S/C13H25N3/c1-2-8-16(13-4-5-13)12-11-15-9-3-6-14-7-10-15/h2,13-14H,1,3-12H2. The topological polar surface area (TPSA) is 18.5 Å². The summed E-state index contributed by atoms with van der Waals surface area (Å²) in [5, 5.41) is 3.45. The minimum absolute atomic E-state index is 0.864. The zero-order chi connectivity index (χ0) is 11.2. The first-order valence-electron chi connectivity index (χ1n) is 6.68. The molecule has 3 nitrogen and oxygen atoms in total. The monoisotopic (exact) mass is 223 g/mol. The maximum Gasteiger partial charge on any atom is 0.0164 e. The molecule has 1 aliphatic heterocycles. The van der Waals surface area contributed by atoms with E-state index in [4.69, 9.17) is 0 Å². The smallest absolute Gasteiger partial charge is 0.0164 e. The summed E-state index contributed by atoms with van der Waals surface area (Å²) in [5.74, 6) is 0. The molecular weight excluding hydrogens is 198 g/mol. The summed E-state index contributed by atoms with van der Waals surface area (Å²) < 4.78 is 0. The summed E-state index contributed by atoms with van der Waals surface area (Å²) in [7, 11) is 0. The maximum absolute atomic E-state index is 3.86. The Kier molecular flexibility index (Phi) is 4.82. The normalized spacial score (nSPS) is 23.3. The van der Waals surface area contributed by atoms with Crippen molar-refractivity contribution in [3.05, 3.63) is 12.7 Å². The van der Waals surface area contributed by atoms with Crippen LogP contribution in [-0.2, 0) is 0 Å². The van der Waals surface area contributed by atoms with Crippen LogP contribution < -0.4 is 5.32 Å². The van der Waals surface area contributed by atoms with Crippen molar-refractivity contribution in [1.82, 2.24) is 15.1 Å². The molecule has 92 valence electrons. The van der Waals surface area contributed by atoms with E-state index in [0.29, 0.717) is 0 Å². The molecule has 2 aliphatic rings. The van der Waals surface area contributed by atoms with Crippen LogP contribution in [0, 0.1) is 0 Å². The van der Waals surface area contributed by atoms with Crippen molar-refractivity contribution in [3.8, 4) is 0 Å². The largest absolute Gasteiger partial charge is 0.315 e. The van der Waals surface area contributed by atoms with Crippen LogP contribution in [0.25, 0.3) is 0 Å². The molecule has 1 saturated carbocycles. The first kappa shape index (κ1) is 12.1. The maximum atomic E-state index is 3.86. The highest BCUT2D eigenvalue weighted by atomic mass is 15.2. The molecule has 2 fully saturated rings. The number of hydrogen-bond acceptors (Lipinski definition) is 3. The van der Waals surface area contributed by atoms with Crippen molar-refractivity contribution >= 4 is 0 Å². The van der Waals surface area contributed by atoms with Gasteiger partial charge < -0.3 is 10.2 Å². The zero-order valence-electron chi connectivity index (χ0n) is 10.3. The van der Waals surface area contributed by atoms with E-state index in [0.717, 1.165) is 19.1 Å². The van der Waals surface area contributed by atoms with E-state index in [9.17, 15) is 0 Å². The van der Waals surface area contributed by atoms with Gasteiger partial charge in [0, 0.05) is 38.8 Å². The van der Waals surface area contributed by atoms with E-state index < -0.39 is 0 Å². The highest BCUT2D eigenvalue weighted by Gasteiger charge is 2.27. The van der Waals surface area contributed by atoms with Gasteiger partial charge in [0.25, 0.3) is 0 Å². The fourth-order valence-electron chi connectivity index (χ4n) is 2.42. The van der Waals surface area contributed by atoms with Gasteiger partial charge in [-0.1, -0.05) is 6.08 Å². The van der Waals surface area contributed by atoms with Gasteiger partial charge in [0.15, 0.2) is 0 Å². The Morgan fingerprint density at radius 2 is 2.19 bits per heavy atom. The highest BCUT2D eigenvalue weighted by molar-refractivity contribution is 4.88. The van der Waals surface area contributed by atoms with Crippen LogP contribution in [0.15, 0.2) is 12.7 Å². The quantitative estimate of drug-likeness (QED) is 0.676. The number of rotatable bonds is 6. The molecule has 0 aromatic heterocycles.